The number of carboxylic acids is 1. The highest BCUT2D eigenvalue weighted by Crippen LogP contribution is 2.47. The van der Waals surface area contributed by atoms with Crippen molar-refractivity contribution in [3.05, 3.63) is 29.8 Å². The van der Waals surface area contributed by atoms with Crippen LogP contribution in [0.5, 0.6) is 0 Å². The molecule has 0 amide bonds. The maximum atomic E-state index is 14.7. The number of nitrogens with one attached hydrogen (secondary N) is 2. The summed E-state index contributed by atoms with van der Waals surface area (Å²) in [6.45, 7) is 0. The number of carboxylic acid groups (broad SMARTS) is 1. The van der Waals surface area contributed by atoms with E-state index in [-0.39, 0.29) is 6.42 Å². The van der Waals surface area contributed by atoms with Gasteiger partial charge in [-0.2, -0.15) is 0 Å². The standard InChI is InChI=1S/C11H11FN2O2/c12-11-5-8(9(15)16)14-10(11)13-7-4-2-1-3-6(7)11/h1-4,8,10,13-14H,5H2,(H,15,16)/t8-,10?,11?/m0/s1. The maximum absolute atomic E-state index is 14.7. The molecule has 0 saturated carbocycles. The quantitative estimate of drug-likeness (QED) is 0.664. The predicted octanol–water partition coefficient (Wildman–Crippen LogP) is 1.05. The first-order chi connectivity index (χ1) is 7.61. The lowest BCUT2D eigenvalue weighted by molar-refractivity contribution is -0.139. The van der Waals surface area contributed by atoms with E-state index in [9.17, 15) is 9.18 Å². The molecule has 0 radical (unpaired) electrons. The van der Waals surface area contributed by atoms with Gasteiger partial charge in [0.05, 0.1) is 0 Å². The summed E-state index contributed by atoms with van der Waals surface area (Å²) in [5.41, 5.74) is -0.317. The Morgan fingerprint density at radius 2 is 2.25 bits per heavy atom. The van der Waals surface area contributed by atoms with E-state index in [1.807, 2.05) is 6.07 Å². The van der Waals surface area contributed by atoms with Crippen molar-refractivity contribution in [2.45, 2.75) is 24.3 Å². The highest BCUT2D eigenvalue weighted by molar-refractivity contribution is 5.76. The van der Waals surface area contributed by atoms with E-state index < -0.39 is 23.8 Å². The van der Waals surface area contributed by atoms with Crippen LogP contribution in [0.2, 0.25) is 0 Å². The van der Waals surface area contributed by atoms with Gasteiger partial charge in [0.25, 0.3) is 0 Å². The number of para-hydroxylation sites is 1. The van der Waals surface area contributed by atoms with E-state index in [2.05, 4.69) is 10.6 Å². The molecule has 84 valence electrons. The van der Waals surface area contributed by atoms with Crippen LogP contribution < -0.4 is 10.6 Å². The Labute approximate surface area is 91.5 Å². The molecule has 3 atom stereocenters. The average molecular weight is 222 g/mol. The number of hydrogen-bond acceptors (Lipinski definition) is 3. The van der Waals surface area contributed by atoms with Crippen molar-refractivity contribution in [1.29, 1.82) is 0 Å². The maximum Gasteiger partial charge on any atom is 0.320 e. The molecule has 0 aliphatic carbocycles. The van der Waals surface area contributed by atoms with Crippen LogP contribution in [0.25, 0.3) is 0 Å². The molecule has 1 aromatic rings. The number of fused-ring (bicyclic) bond motifs is 3. The normalized spacial score (nSPS) is 35.3. The summed E-state index contributed by atoms with van der Waals surface area (Å²) < 4.78 is 14.7. The van der Waals surface area contributed by atoms with Crippen molar-refractivity contribution in [2.75, 3.05) is 5.32 Å². The molecule has 3 rings (SSSR count). The van der Waals surface area contributed by atoms with Crippen LogP contribution in [0.1, 0.15) is 12.0 Å². The van der Waals surface area contributed by atoms with Gasteiger partial charge in [-0.3, -0.25) is 10.1 Å². The largest absolute Gasteiger partial charge is 0.480 e. The van der Waals surface area contributed by atoms with Gasteiger partial charge in [0.1, 0.15) is 12.2 Å². The first kappa shape index (κ1) is 9.59. The van der Waals surface area contributed by atoms with Crippen molar-refractivity contribution < 1.29 is 14.3 Å². The Bertz CT molecular complexity index is 465. The van der Waals surface area contributed by atoms with Crippen molar-refractivity contribution in [1.82, 2.24) is 5.32 Å². The second-order valence-electron chi connectivity index (χ2n) is 4.25. The van der Waals surface area contributed by atoms with Crippen LogP contribution >= 0.6 is 0 Å². The second kappa shape index (κ2) is 2.95. The molecule has 1 saturated heterocycles. The van der Waals surface area contributed by atoms with Crippen LogP contribution in [-0.2, 0) is 10.5 Å². The molecule has 2 aliphatic rings. The zero-order valence-corrected chi connectivity index (χ0v) is 8.40. The summed E-state index contributed by atoms with van der Waals surface area (Å²) in [6, 6.07) is 6.26. The van der Waals surface area contributed by atoms with Crippen LogP contribution in [0.3, 0.4) is 0 Å². The number of halogens is 1. The molecule has 3 N–H and O–H groups in total. The third-order valence-corrected chi connectivity index (χ3v) is 3.30. The van der Waals surface area contributed by atoms with E-state index in [1.165, 1.54) is 0 Å². The Balaban J connectivity index is 2.01. The van der Waals surface area contributed by atoms with Gasteiger partial charge in [-0.15, -0.1) is 0 Å². The SMILES string of the molecule is O=C(O)[C@@H]1CC2(F)c3ccccc3NC2N1. The molecule has 16 heavy (non-hydrogen) atoms. The van der Waals surface area contributed by atoms with Crippen molar-refractivity contribution >= 4 is 11.7 Å². The van der Waals surface area contributed by atoms with Crippen LogP contribution in [0.4, 0.5) is 10.1 Å². The Kier molecular flexibility index (Phi) is 1.77. The van der Waals surface area contributed by atoms with E-state index in [0.717, 1.165) is 5.69 Å². The van der Waals surface area contributed by atoms with Crippen LogP contribution in [0, 0.1) is 0 Å². The molecule has 0 spiro atoms. The predicted molar refractivity (Wildman–Crippen MR) is 55.8 cm³/mol. The number of benzene rings is 1. The topological polar surface area (TPSA) is 61.4 Å². The Morgan fingerprint density at radius 1 is 1.50 bits per heavy atom. The smallest absolute Gasteiger partial charge is 0.320 e. The number of aliphatic carboxylic acids is 1. The number of alkyl halides is 1. The zero-order chi connectivity index (χ0) is 11.3. The molecule has 0 aromatic heterocycles. The average Bonchev–Trinajstić information content (AvgIpc) is 2.69. The number of rotatable bonds is 1. The highest BCUT2D eigenvalue weighted by atomic mass is 19.1. The van der Waals surface area contributed by atoms with Gasteiger partial charge in [0.15, 0.2) is 5.67 Å². The summed E-state index contributed by atoms with van der Waals surface area (Å²) >= 11 is 0. The number of anilines is 1. The van der Waals surface area contributed by atoms with Crippen molar-refractivity contribution in [3.8, 4) is 0 Å². The molecule has 5 heteroatoms. The Morgan fingerprint density at radius 3 is 3.00 bits per heavy atom. The third kappa shape index (κ3) is 1.09. The van der Waals surface area contributed by atoms with Gasteiger partial charge < -0.3 is 10.4 Å². The lowest BCUT2D eigenvalue weighted by Crippen LogP contribution is -2.41. The Hall–Kier alpha value is -1.62. The number of carbonyl (C=O) groups is 1. The third-order valence-electron chi connectivity index (χ3n) is 3.30. The van der Waals surface area contributed by atoms with E-state index in [0.29, 0.717) is 5.56 Å². The lowest BCUT2D eigenvalue weighted by Gasteiger charge is -2.18. The van der Waals surface area contributed by atoms with Gasteiger partial charge in [-0.25, -0.2) is 4.39 Å². The molecule has 2 heterocycles. The summed E-state index contributed by atoms with van der Waals surface area (Å²) in [5, 5.41) is 14.6. The summed E-state index contributed by atoms with van der Waals surface area (Å²) in [6.07, 6.45) is -0.664. The van der Waals surface area contributed by atoms with E-state index in [4.69, 9.17) is 5.11 Å². The molecule has 2 aliphatic heterocycles. The number of hydrogen-bond donors (Lipinski definition) is 3. The van der Waals surface area contributed by atoms with Crippen LogP contribution in [-0.4, -0.2) is 23.3 Å². The second-order valence-corrected chi connectivity index (χ2v) is 4.25. The molecule has 1 aromatic carbocycles. The van der Waals surface area contributed by atoms with Gasteiger partial charge in [-0.1, -0.05) is 18.2 Å². The highest BCUT2D eigenvalue weighted by Gasteiger charge is 2.55. The van der Waals surface area contributed by atoms with Crippen molar-refractivity contribution in [3.63, 3.8) is 0 Å². The monoisotopic (exact) mass is 222 g/mol. The minimum atomic E-state index is -1.61. The summed E-state index contributed by atoms with van der Waals surface area (Å²) in [5.74, 6) is -1.01. The molecule has 1 fully saturated rings. The van der Waals surface area contributed by atoms with Gasteiger partial charge in [-0.05, 0) is 6.07 Å². The van der Waals surface area contributed by atoms with Crippen molar-refractivity contribution in [2.24, 2.45) is 0 Å². The van der Waals surface area contributed by atoms with E-state index >= 15 is 0 Å². The van der Waals surface area contributed by atoms with Crippen LogP contribution in [0.15, 0.2) is 24.3 Å². The minimum Gasteiger partial charge on any atom is -0.480 e. The molecule has 0 bridgehead atoms. The fourth-order valence-corrected chi connectivity index (χ4v) is 2.51. The zero-order valence-electron chi connectivity index (χ0n) is 8.40. The molecular weight excluding hydrogens is 211 g/mol. The van der Waals surface area contributed by atoms with Gasteiger partial charge in [0.2, 0.25) is 0 Å². The van der Waals surface area contributed by atoms with E-state index in [1.54, 1.807) is 18.2 Å². The first-order valence-corrected chi connectivity index (χ1v) is 5.15. The summed E-state index contributed by atoms with van der Waals surface area (Å²) in [4.78, 5) is 10.8. The molecule has 4 nitrogen and oxygen atoms in total. The first-order valence-electron chi connectivity index (χ1n) is 5.15. The van der Waals surface area contributed by atoms with Gasteiger partial charge in [0, 0.05) is 17.7 Å². The summed E-state index contributed by atoms with van der Waals surface area (Å²) in [7, 11) is 0. The fourth-order valence-electron chi connectivity index (χ4n) is 2.51. The fraction of sp³-hybridized carbons (Fsp3) is 0.364. The molecule has 2 unspecified atom stereocenters. The minimum absolute atomic E-state index is 0.0307. The van der Waals surface area contributed by atoms with Gasteiger partial charge >= 0.3 is 5.97 Å². The molecular formula is C11H11FN2O2. The lowest BCUT2D eigenvalue weighted by atomic mass is 9.93.